The number of carbonyl (C=O) groups is 2. The summed E-state index contributed by atoms with van der Waals surface area (Å²) in [6.07, 6.45) is 1.38. The first kappa shape index (κ1) is 20.6. The Balaban J connectivity index is 1.67. The summed E-state index contributed by atoms with van der Waals surface area (Å²) in [4.78, 5) is 24.7. The summed E-state index contributed by atoms with van der Waals surface area (Å²) >= 11 is 12.1. The molecule has 5 nitrogen and oxygen atoms in total. The summed E-state index contributed by atoms with van der Waals surface area (Å²) in [6, 6.07) is 18.9. The quantitative estimate of drug-likeness (QED) is 0.428. The Morgan fingerprint density at radius 1 is 0.862 bits per heavy atom. The molecule has 0 aliphatic rings. The second kappa shape index (κ2) is 9.37. The first-order chi connectivity index (χ1) is 13.9. The van der Waals surface area contributed by atoms with Gasteiger partial charge in [0.05, 0.1) is 16.3 Å². The number of hydrogen-bond acceptors (Lipinski definition) is 3. The predicted octanol–water partition coefficient (Wildman–Crippen LogP) is 5.32. The first-order valence-electron chi connectivity index (χ1n) is 8.69. The third-order valence-electron chi connectivity index (χ3n) is 4.06. The monoisotopic (exact) mass is 425 g/mol. The number of halogens is 2. The molecule has 0 saturated heterocycles. The van der Waals surface area contributed by atoms with Gasteiger partial charge in [-0.3, -0.25) is 9.59 Å². The number of hydrazone groups is 1. The van der Waals surface area contributed by atoms with Crippen LogP contribution in [-0.4, -0.2) is 18.0 Å². The molecule has 0 unspecified atom stereocenters. The van der Waals surface area contributed by atoms with Gasteiger partial charge in [0, 0.05) is 22.4 Å². The van der Waals surface area contributed by atoms with Crippen LogP contribution in [0.1, 0.15) is 31.8 Å². The summed E-state index contributed by atoms with van der Waals surface area (Å²) in [6.45, 7) is 1.95. The van der Waals surface area contributed by atoms with E-state index in [1.807, 2.05) is 19.1 Å². The molecule has 146 valence electrons. The molecule has 3 aromatic carbocycles. The van der Waals surface area contributed by atoms with Crippen LogP contribution in [0.5, 0.6) is 0 Å². The topological polar surface area (TPSA) is 70.6 Å². The largest absolute Gasteiger partial charge is 0.322 e. The van der Waals surface area contributed by atoms with Crippen molar-refractivity contribution in [1.82, 2.24) is 5.43 Å². The zero-order valence-electron chi connectivity index (χ0n) is 15.4. The van der Waals surface area contributed by atoms with Crippen LogP contribution in [0.25, 0.3) is 0 Å². The van der Waals surface area contributed by atoms with Crippen LogP contribution >= 0.6 is 23.2 Å². The molecule has 0 aliphatic heterocycles. The van der Waals surface area contributed by atoms with Gasteiger partial charge in [0.1, 0.15) is 0 Å². The maximum absolute atomic E-state index is 12.3. The number of hydrogen-bond donors (Lipinski definition) is 2. The number of benzene rings is 3. The van der Waals surface area contributed by atoms with Crippen molar-refractivity contribution in [2.75, 3.05) is 5.32 Å². The molecule has 29 heavy (non-hydrogen) atoms. The molecule has 3 rings (SSSR count). The highest BCUT2D eigenvalue weighted by atomic mass is 35.5. The number of aryl methyl sites for hydroxylation is 1. The van der Waals surface area contributed by atoms with Gasteiger partial charge in [-0.2, -0.15) is 5.10 Å². The van der Waals surface area contributed by atoms with Gasteiger partial charge < -0.3 is 5.32 Å². The lowest BCUT2D eigenvalue weighted by Crippen LogP contribution is -2.18. The molecule has 0 spiro atoms. The molecular formula is C22H17Cl2N3O2. The molecule has 0 bridgehead atoms. The fourth-order valence-corrected chi connectivity index (χ4v) is 3.00. The molecule has 0 aliphatic carbocycles. The van der Waals surface area contributed by atoms with E-state index in [0.717, 1.165) is 5.56 Å². The molecule has 0 aromatic heterocycles. The van der Waals surface area contributed by atoms with Gasteiger partial charge in [0.2, 0.25) is 0 Å². The number of anilines is 1. The summed E-state index contributed by atoms with van der Waals surface area (Å²) in [7, 11) is 0. The van der Waals surface area contributed by atoms with Crippen LogP contribution in [-0.2, 0) is 0 Å². The van der Waals surface area contributed by atoms with Crippen LogP contribution in [0.2, 0.25) is 10.0 Å². The molecule has 0 atom stereocenters. The molecule has 0 heterocycles. The zero-order valence-corrected chi connectivity index (χ0v) is 17.0. The zero-order chi connectivity index (χ0) is 20.8. The van der Waals surface area contributed by atoms with Crippen molar-refractivity contribution in [3.05, 3.63) is 99.0 Å². The van der Waals surface area contributed by atoms with Crippen LogP contribution < -0.4 is 10.7 Å². The van der Waals surface area contributed by atoms with Gasteiger partial charge >= 0.3 is 0 Å². The molecule has 3 aromatic rings. The van der Waals surface area contributed by atoms with Crippen molar-refractivity contribution in [2.45, 2.75) is 6.92 Å². The summed E-state index contributed by atoms with van der Waals surface area (Å²) < 4.78 is 0. The molecule has 2 amide bonds. The minimum Gasteiger partial charge on any atom is -0.322 e. The number of carbonyl (C=O) groups excluding carboxylic acids is 2. The molecular weight excluding hydrogens is 409 g/mol. The third kappa shape index (κ3) is 5.44. The predicted molar refractivity (Wildman–Crippen MR) is 117 cm³/mol. The Labute approximate surface area is 178 Å². The van der Waals surface area contributed by atoms with Crippen molar-refractivity contribution >= 4 is 46.9 Å². The fourth-order valence-electron chi connectivity index (χ4n) is 2.50. The van der Waals surface area contributed by atoms with Crippen molar-refractivity contribution < 1.29 is 9.59 Å². The maximum Gasteiger partial charge on any atom is 0.271 e. The lowest BCUT2D eigenvalue weighted by atomic mass is 10.1. The molecule has 0 fully saturated rings. The van der Waals surface area contributed by atoms with Crippen LogP contribution in [0.3, 0.4) is 0 Å². The third-order valence-corrected chi connectivity index (χ3v) is 4.72. The Morgan fingerprint density at radius 2 is 1.52 bits per heavy atom. The van der Waals surface area contributed by atoms with Crippen molar-refractivity contribution in [3.63, 3.8) is 0 Å². The number of nitrogens with one attached hydrogen (secondary N) is 2. The Morgan fingerprint density at radius 3 is 2.21 bits per heavy atom. The van der Waals surface area contributed by atoms with E-state index in [-0.39, 0.29) is 5.91 Å². The Kier molecular flexibility index (Phi) is 6.65. The van der Waals surface area contributed by atoms with E-state index in [1.54, 1.807) is 54.6 Å². The lowest BCUT2D eigenvalue weighted by molar-refractivity contribution is 0.0953. The highest BCUT2D eigenvalue weighted by Gasteiger charge is 2.09. The average molecular weight is 426 g/mol. The molecule has 7 heteroatoms. The van der Waals surface area contributed by atoms with E-state index in [4.69, 9.17) is 23.2 Å². The van der Waals surface area contributed by atoms with Gasteiger partial charge in [-0.05, 0) is 49.4 Å². The summed E-state index contributed by atoms with van der Waals surface area (Å²) in [5.41, 5.74) is 5.38. The maximum atomic E-state index is 12.3. The minimum atomic E-state index is -0.434. The van der Waals surface area contributed by atoms with Gasteiger partial charge in [-0.15, -0.1) is 0 Å². The van der Waals surface area contributed by atoms with Gasteiger partial charge in [0.15, 0.2) is 0 Å². The van der Waals surface area contributed by atoms with Gasteiger partial charge in [-0.1, -0.05) is 53.0 Å². The van der Waals surface area contributed by atoms with Crippen molar-refractivity contribution in [3.8, 4) is 0 Å². The van der Waals surface area contributed by atoms with Crippen LogP contribution in [0.4, 0.5) is 5.69 Å². The smallest absolute Gasteiger partial charge is 0.271 e. The van der Waals surface area contributed by atoms with E-state index >= 15 is 0 Å². The highest BCUT2D eigenvalue weighted by molar-refractivity contribution is 6.38. The van der Waals surface area contributed by atoms with Crippen LogP contribution in [0, 0.1) is 6.92 Å². The van der Waals surface area contributed by atoms with E-state index in [1.165, 1.54) is 6.21 Å². The fraction of sp³-hybridized carbons (Fsp3) is 0.0455. The van der Waals surface area contributed by atoms with E-state index in [9.17, 15) is 9.59 Å². The normalized spacial score (nSPS) is 10.7. The van der Waals surface area contributed by atoms with E-state index in [2.05, 4.69) is 15.8 Å². The van der Waals surface area contributed by atoms with E-state index in [0.29, 0.717) is 32.4 Å². The first-order valence-corrected chi connectivity index (χ1v) is 9.45. The van der Waals surface area contributed by atoms with Crippen molar-refractivity contribution in [1.29, 1.82) is 0 Å². The van der Waals surface area contributed by atoms with Gasteiger partial charge in [-0.25, -0.2) is 5.43 Å². The van der Waals surface area contributed by atoms with Crippen molar-refractivity contribution in [2.24, 2.45) is 5.10 Å². The highest BCUT2D eigenvalue weighted by Crippen LogP contribution is 2.22. The number of rotatable bonds is 5. The summed E-state index contributed by atoms with van der Waals surface area (Å²) in [5.74, 6) is -0.690. The Hall–Kier alpha value is -3.15. The lowest BCUT2D eigenvalue weighted by Gasteiger charge is -2.07. The van der Waals surface area contributed by atoms with E-state index < -0.39 is 5.91 Å². The SMILES string of the molecule is Cc1ccc(C(=O)Nc2cccc(C(=O)N/N=C/c3c(Cl)cccc3Cl)c2)cc1. The molecule has 0 radical (unpaired) electrons. The standard InChI is InChI=1S/C22H17Cl2N3O2/c1-14-8-10-15(11-9-14)21(28)26-17-5-2-4-16(12-17)22(29)27-25-13-18-19(23)6-3-7-20(18)24/h2-13H,1H3,(H,26,28)(H,27,29)/b25-13+. The molecule has 2 N–H and O–H groups in total. The number of amides is 2. The second-order valence-electron chi connectivity index (χ2n) is 6.24. The number of nitrogens with zero attached hydrogens (tertiary/aromatic N) is 1. The van der Waals surface area contributed by atoms with Gasteiger partial charge in [0.25, 0.3) is 11.8 Å². The molecule has 0 saturated carbocycles. The summed E-state index contributed by atoms with van der Waals surface area (Å²) in [5, 5.41) is 7.54. The second-order valence-corrected chi connectivity index (χ2v) is 7.05. The Bertz CT molecular complexity index is 1060. The average Bonchev–Trinajstić information content (AvgIpc) is 2.70. The van der Waals surface area contributed by atoms with Crippen LogP contribution in [0.15, 0.2) is 71.8 Å². The minimum absolute atomic E-state index is 0.256.